The Morgan fingerprint density at radius 1 is 0.816 bits per heavy atom. The summed E-state index contributed by atoms with van der Waals surface area (Å²) < 4.78 is 2.18. The number of fused-ring (bicyclic) bond motifs is 3. The molecule has 0 atom stereocenters. The van der Waals surface area contributed by atoms with Crippen molar-refractivity contribution in [3.05, 3.63) is 96.1 Å². The van der Waals surface area contributed by atoms with Crippen molar-refractivity contribution in [3.8, 4) is 0 Å². The smallest absolute Gasteiger partial charge is 0.206 e. The predicted molar refractivity (Wildman–Crippen MR) is 158 cm³/mol. The summed E-state index contributed by atoms with van der Waals surface area (Å²) in [4.78, 5) is 15.0. The average molecular weight is 508 g/mol. The Hall–Kier alpha value is -3.90. The molecule has 0 saturated heterocycles. The normalized spacial score (nSPS) is 11.8. The standard InChI is InChI=1S/C32H37N5O/c1-5-20-35(4)31-34-28-29(37(31)23-32(2,3)38)26-18-12-13-19-27(26)33-30(28)36(21-24-14-8-6-9-15-24)22-25-16-10-7-11-17-25/h6-19,38H,5,20-23H2,1-4H3. The Kier molecular flexibility index (Phi) is 7.34. The van der Waals surface area contributed by atoms with Gasteiger partial charge in [0, 0.05) is 32.1 Å². The van der Waals surface area contributed by atoms with Gasteiger partial charge in [-0.05, 0) is 37.5 Å². The first-order chi connectivity index (χ1) is 18.3. The highest BCUT2D eigenvalue weighted by Crippen LogP contribution is 2.36. The minimum absolute atomic E-state index is 0.428. The minimum Gasteiger partial charge on any atom is -0.389 e. The summed E-state index contributed by atoms with van der Waals surface area (Å²) in [7, 11) is 2.08. The molecule has 2 aromatic heterocycles. The third kappa shape index (κ3) is 5.50. The molecule has 0 bridgehead atoms. The number of benzene rings is 3. The molecule has 0 aliphatic heterocycles. The molecule has 1 N–H and O–H groups in total. The number of anilines is 2. The van der Waals surface area contributed by atoms with Gasteiger partial charge in [-0.2, -0.15) is 0 Å². The molecule has 0 aliphatic carbocycles. The van der Waals surface area contributed by atoms with Gasteiger partial charge < -0.3 is 19.5 Å². The molecule has 0 aliphatic rings. The van der Waals surface area contributed by atoms with Crippen molar-refractivity contribution in [3.63, 3.8) is 0 Å². The fourth-order valence-electron chi connectivity index (χ4n) is 5.11. The maximum Gasteiger partial charge on any atom is 0.206 e. The quantitative estimate of drug-likeness (QED) is 0.237. The molecule has 0 spiro atoms. The fraction of sp³-hybridized carbons (Fsp3) is 0.312. The van der Waals surface area contributed by atoms with Crippen LogP contribution in [-0.4, -0.2) is 38.8 Å². The first kappa shape index (κ1) is 25.7. The third-order valence-electron chi connectivity index (χ3n) is 6.72. The van der Waals surface area contributed by atoms with Gasteiger partial charge >= 0.3 is 0 Å². The summed E-state index contributed by atoms with van der Waals surface area (Å²) in [6, 6.07) is 29.3. The number of rotatable bonds is 10. The maximum atomic E-state index is 10.9. The van der Waals surface area contributed by atoms with Crippen molar-refractivity contribution in [1.82, 2.24) is 14.5 Å². The summed E-state index contributed by atoms with van der Waals surface area (Å²) in [5, 5.41) is 12.0. The summed E-state index contributed by atoms with van der Waals surface area (Å²) in [5.74, 6) is 1.70. The topological polar surface area (TPSA) is 57.4 Å². The van der Waals surface area contributed by atoms with Crippen LogP contribution in [0, 0.1) is 0 Å². The van der Waals surface area contributed by atoms with Gasteiger partial charge in [0.2, 0.25) is 5.95 Å². The van der Waals surface area contributed by atoms with Gasteiger partial charge in [-0.25, -0.2) is 9.97 Å². The van der Waals surface area contributed by atoms with Crippen LogP contribution in [0.25, 0.3) is 21.9 Å². The van der Waals surface area contributed by atoms with E-state index in [4.69, 9.17) is 9.97 Å². The molecule has 5 aromatic rings. The van der Waals surface area contributed by atoms with Gasteiger partial charge in [0.15, 0.2) is 5.82 Å². The molecule has 38 heavy (non-hydrogen) atoms. The highest BCUT2D eigenvalue weighted by Gasteiger charge is 2.26. The van der Waals surface area contributed by atoms with Gasteiger partial charge in [-0.1, -0.05) is 85.8 Å². The van der Waals surface area contributed by atoms with E-state index in [1.165, 1.54) is 11.1 Å². The van der Waals surface area contributed by atoms with E-state index in [1.807, 2.05) is 38.1 Å². The van der Waals surface area contributed by atoms with Crippen molar-refractivity contribution in [2.75, 3.05) is 23.4 Å². The summed E-state index contributed by atoms with van der Waals surface area (Å²) in [6.45, 7) is 8.58. The molecule has 5 rings (SSSR count). The zero-order valence-corrected chi connectivity index (χ0v) is 22.8. The number of para-hydroxylation sites is 1. The average Bonchev–Trinajstić information content (AvgIpc) is 3.27. The molecule has 6 nitrogen and oxygen atoms in total. The van der Waals surface area contributed by atoms with E-state index in [-0.39, 0.29) is 0 Å². The van der Waals surface area contributed by atoms with Crippen LogP contribution in [0.1, 0.15) is 38.3 Å². The lowest BCUT2D eigenvalue weighted by Crippen LogP contribution is -2.29. The number of nitrogens with zero attached hydrogens (tertiary/aromatic N) is 5. The molecule has 2 heterocycles. The van der Waals surface area contributed by atoms with Crippen LogP contribution in [0.15, 0.2) is 84.9 Å². The Morgan fingerprint density at radius 2 is 1.39 bits per heavy atom. The molecule has 0 radical (unpaired) electrons. The van der Waals surface area contributed by atoms with Crippen LogP contribution in [0.4, 0.5) is 11.8 Å². The molecule has 0 fully saturated rings. The number of hydrogen-bond acceptors (Lipinski definition) is 5. The zero-order chi connectivity index (χ0) is 26.7. The Morgan fingerprint density at radius 3 is 1.97 bits per heavy atom. The minimum atomic E-state index is -0.909. The highest BCUT2D eigenvalue weighted by molar-refractivity contribution is 6.08. The van der Waals surface area contributed by atoms with Crippen LogP contribution in [0.3, 0.4) is 0 Å². The van der Waals surface area contributed by atoms with Crippen molar-refractivity contribution >= 4 is 33.7 Å². The van der Waals surface area contributed by atoms with Gasteiger partial charge in [-0.3, -0.25) is 0 Å². The van der Waals surface area contributed by atoms with Crippen molar-refractivity contribution in [2.24, 2.45) is 0 Å². The van der Waals surface area contributed by atoms with Crippen molar-refractivity contribution in [1.29, 1.82) is 0 Å². The van der Waals surface area contributed by atoms with E-state index in [0.717, 1.165) is 46.7 Å². The molecule has 0 saturated carbocycles. The number of aliphatic hydroxyl groups is 1. The Labute approximate surface area is 225 Å². The summed E-state index contributed by atoms with van der Waals surface area (Å²) in [5.41, 5.74) is 4.31. The second-order valence-electron chi connectivity index (χ2n) is 10.7. The van der Waals surface area contributed by atoms with E-state index in [0.29, 0.717) is 19.6 Å². The zero-order valence-electron chi connectivity index (χ0n) is 22.8. The van der Waals surface area contributed by atoms with E-state index < -0.39 is 5.60 Å². The monoisotopic (exact) mass is 507 g/mol. The number of pyridine rings is 1. The molecule has 0 unspecified atom stereocenters. The third-order valence-corrected chi connectivity index (χ3v) is 6.72. The van der Waals surface area contributed by atoms with Gasteiger partial charge in [0.1, 0.15) is 5.52 Å². The number of imidazole rings is 1. The van der Waals surface area contributed by atoms with Crippen molar-refractivity contribution < 1.29 is 5.11 Å². The van der Waals surface area contributed by atoms with E-state index in [2.05, 4.69) is 89.0 Å². The van der Waals surface area contributed by atoms with E-state index >= 15 is 0 Å². The second kappa shape index (κ2) is 10.8. The maximum absolute atomic E-state index is 10.9. The van der Waals surface area contributed by atoms with Gasteiger partial charge in [0.25, 0.3) is 0 Å². The predicted octanol–water partition coefficient (Wildman–Crippen LogP) is 6.41. The largest absolute Gasteiger partial charge is 0.389 e. The number of hydrogen-bond donors (Lipinski definition) is 1. The summed E-state index contributed by atoms with van der Waals surface area (Å²) in [6.07, 6.45) is 1.00. The highest BCUT2D eigenvalue weighted by atomic mass is 16.3. The van der Waals surface area contributed by atoms with Gasteiger partial charge in [0.05, 0.1) is 23.2 Å². The molecule has 0 amide bonds. The van der Waals surface area contributed by atoms with Gasteiger partial charge in [-0.15, -0.1) is 0 Å². The fourth-order valence-corrected chi connectivity index (χ4v) is 5.11. The van der Waals surface area contributed by atoms with Crippen LogP contribution in [0.2, 0.25) is 0 Å². The van der Waals surface area contributed by atoms with E-state index in [9.17, 15) is 5.11 Å². The lowest BCUT2D eigenvalue weighted by atomic mass is 10.1. The molecular formula is C32H37N5O. The van der Waals surface area contributed by atoms with Crippen LogP contribution >= 0.6 is 0 Å². The van der Waals surface area contributed by atoms with Crippen LogP contribution in [-0.2, 0) is 19.6 Å². The molecular weight excluding hydrogens is 470 g/mol. The van der Waals surface area contributed by atoms with Crippen LogP contribution in [0.5, 0.6) is 0 Å². The van der Waals surface area contributed by atoms with Crippen molar-refractivity contribution in [2.45, 2.75) is 52.4 Å². The first-order valence-electron chi connectivity index (χ1n) is 13.4. The molecule has 3 aromatic carbocycles. The second-order valence-corrected chi connectivity index (χ2v) is 10.7. The lowest BCUT2D eigenvalue weighted by Gasteiger charge is -2.26. The first-order valence-corrected chi connectivity index (χ1v) is 13.4. The number of aromatic nitrogens is 3. The summed E-state index contributed by atoms with van der Waals surface area (Å²) >= 11 is 0. The Bertz CT molecular complexity index is 1460. The SMILES string of the molecule is CCCN(C)c1nc2c(N(Cc3ccccc3)Cc3ccccc3)nc3ccccc3c2n1CC(C)(C)O. The lowest BCUT2D eigenvalue weighted by molar-refractivity contribution is 0.0631. The molecule has 196 valence electrons. The van der Waals surface area contributed by atoms with E-state index in [1.54, 1.807) is 0 Å². The molecule has 6 heteroatoms. The Balaban J connectivity index is 1.77. The van der Waals surface area contributed by atoms with Crippen LogP contribution < -0.4 is 9.80 Å².